The number of aromatic nitrogens is 4. The summed E-state index contributed by atoms with van der Waals surface area (Å²) in [5.74, 6) is 0.112. The Balaban J connectivity index is 1.44. The first-order valence-electron chi connectivity index (χ1n) is 9.71. The van der Waals surface area contributed by atoms with Gasteiger partial charge in [-0.2, -0.15) is 0 Å². The molecule has 2 aliphatic rings. The molecular weight excluding hydrogens is 328 g/mol. The highest BCUT2D eigenvalue weighted by Crippen LogP contribution is 2.29. The van der Waals surface area contributed by atoms with Gasteiger partial charge >= 0.3 is 0 Å². The van der Waals surface area contributed by atoms with Gasteiger partial charge < -0.3 is 5.32 Å². The molecule has 0 spiro atoms. The van der Waals surface area contributed by atoms with Gasteiger partial charge in [0.25, 0.3) is 0 Å². The molecule has 1 aliphatic carbocycles. The van der Waals surface area contributed by atoms with Crippen molar-refractivity contribution >= 4 is 11.6 Å². The van der Waals surface area contributed by atoms with Crippen LogP contribution in [0.4, 0.5) is 5.69 Å². The van der Waals surface area contributed by atoms with Crippen molar-refractivity contribution in [3.8, 4) is 5.69 Å². The van der Waals surface area contributed by atoms with E-state index >= 15 is 0 Å². The molecule has 138 valence electrons. The van der Waals surface area contributed by atoms with Gasteiger partial charge in [0.15, 0.2) is 0 Å². The molecule has 1 N–H and O–H groups in total. The van der Waals surface area contributed by atoms with Crippen LogP contribution in [0.2, 0.25) is 0 Å². The highest BCUT2D eigenvalue weighted by molar-refractivity contribution is 5.95. The largest absolute Gasteiger partial charge is 0.325 e. The van der Waals surface area contributed by atoms with Gasteiger partial charge in [-0.15, -0.1) is 5.10 Å². The van der Waals surface area contributed by atoms with E-state index in [0.717, 1.165) is 30.8 Å². The number of rotatable bonds is 4. The van der Waals surface area contributed by atoms with Gasteiger partial charge in [0.2, 0.25) is 5.91 Å². The third-order valence-electron chi connectivity index (χ3n) is 5.62. The minimum atomic E-state index is -0.00482. The molecular formula is C19H26N6O. The fraction of sp³-hybridized carbons (Fsp3) is 0.579. The van der Waals surface area contributed by atoms with Crippen molar-refractivity contribution in [2.24, 2.45) is 0 Å². The van der Waals surface area contributed by atoms with E-state index in [1.807, 2.05) is 24.3 Å². The van der Waals surface area contributed by atoms with Gasteiger partial charge in [-0.05, 0) is 60.9 Å². The predicted molar refractivity (Wildman–Crippen MR) is 99.0 cm³/mol. The number of nitrogens with zero attached hydrogens (tertiary/aromatic N) is 5. The lowest BCUT2D eigenvalue weighted by molar-refractivity contribution is -0.121. The number of nitrogens with one attached hydrogen (secondary N) is 1. The van der Waals surface area contributed by atoms with E-state index in [1.165, 1.54) is 38.5 Å². The highest BCUT2D eigenvalue weighted by atomic mass is 16.2. The van der Waals surface area contributed by atoms with Crippen LogP contribution in [0.5, 0.6) is 0 Å². The van der Waals surface area contributed by atoms with Crippen molar-refractivity contribution in [3.05, 3.63) is 30.6 Å². The smallest absolute Gasteiger partial charge is 0.241 e. The van der Waals surface area contributed by atoms with Gasteiger partial charge in [0.1, 0.15) is 6.33 Å². The molecule has 1 amide bonds. The molecule has 7 heteroatoms. The number of hydrogen-bond donors (Lipinski definition) is 1. The normalized spacial score (nSPS) is 22.2. The maximum Gasteiger partial charge on any atom is 0.241 e. The van der Waals surface area contributed by atoms with Crippen LogP contribution in [0, 0.1) is 0 Å². The molecule has 1 aromatic carbocycles. The Hall–Kier alpha value is -2.28. The Bertz CT molecular complexity index is 723. The monoisotopic (exact) mass is 354 g/mol. The van der Waals surface area contributed by atoms with Crippen molar-refractivity contribution in [1.29, 1.82) is 0 Å². The third-order valence-corrected chi connectivity index (χ3v) is 5.62. The number of benzene rings is 1. The molecule has 0 unspecified atom stereocenters. The third kappa shape index (κ3) is 3.77. The van der Waals surface area contributed by atoms with Crippen LogP contribution in [-0.2, 0) is 4.79 Å². The van der Waals surface area contributed by atoms with Gasteiger partial charge in [-0.25, -0.2) is 4.68 Å². The van der Waals surface area contributed by atoms with Crippen LogP contribution in [-0.4, -0.2) is 49.6 Å². The SMILES string of the molecule is O=C(Nc1cccc(-n2cnnn2)c1)[C@H]1CCCN1C1CCCCCC1. The maximum absolute atomic E-state index is 13.0. The minimum Gasteiger partial charge on any atom is -0.325 e. The van der Waals surface area contributed by atoms with Gasteiger partial charge in [-0.1, -0.05) is 31.7 Å². The first kappa shape index (κ1) is 17.1. The van der Waals surface area contributed by atoms with Crippen molar-refractivity contribution in [1.82, 2.24) is 25.1 Å². The molecule has 1 aliphatic heterocycles. The second-order valence-corrected chi connectivity index (χ2v) is 7.34. The van der Waals surface area contributed by atoms with Crippen LogP contribution in [0.15, 0.2) is 30.6 Å². The van der Waals surface area contributed by atoms with E-state index in [4.69, 9.17) is 0 Å². The number of anilines is 1. The standard InChI is InChI=1S/C19H26N6O/c26-19(18-11-6-12-24(18)16-8-3-1-2-4-9-16)21-15-7-5-10-17(13-15)25-14-20-22-23-25/h5,7,10,13-14,16,18H,1-4,6,8-9,11-12H2,(H,21,26)/t18-/m1/s1. The Morgan fingerprint density at radius 1 is 1.08 bits per heavy atom. The summed E-state index contributed by atoms with van der Waals surface area (Å²) in [6, 6.07) is 8.21. The zero-order valence-corrected chi connectivity index (χ0v) is 15.0. The van der Waals surface area contributed by atoms with E-state index in [0.29, 0.717) is 6.04 Å². The zero-order valence-electron chi connectivity index (χ0n) is 15.0. The van der Waals surface area contributed by atoms with E-state index in [-0.39, 0.29) is 11.9 Å². The van der Waals surface area contributed by atoms with Crippen molar-refractivity contribution in [2.45, 2.75) is 63.5 Å². The quantitative estimate of drug-likeness (QED) is 0.855. The fourth-order valence-electron chi connectivity index (χ4n) is 4.33. The zero-order chi connectivity index (χ0) is 17.8. The average molecular weight is 354 g/mol. The predicted octanol–water partition coefficient (Wildman–Crippen LogP) is 2.79. The molecule has 7 nitrogen and oxygen atoms in total. The Kier molecular flexibility index (Phi) is 5.24. The Morgan fingerprint density at radius 2 is 1.92 bits per heavy atom. The molecule has 1 atom stereocenters. The second kappa shape index (κ2) is 7.95. The average Bonchev–Trinajstić information content (AvgIpc) is 3.30. The van der Waals surface area contributed by atoms with Crippen LogP contribution in [0.3, 0.4) is 0 Å². The first-order chi connectivity index (χ1) is 12.8. The fourth-order valence-corrected chi connectivity index (χ4v) is 4.33. The lowest BCUT2D eigenvalue weighted by Crippen LogP contribution is -2.45. The summed E-state index contributed by atoms with van der Waals surface area (Å²) in [6.45, 7) is 1.05. The molecule has 2 aromatic rings. The molecule has 2 heterocycles. The number of likely N-dealkylation sites (tertiary alicyclic amines) is 1. The summed E-state index contributed by atoms with van der Waals surface area (Å²) in [7, 11) is 0. The Morgan fingerprint density at radius 3 is 2.69 bits per heavy atom. The van der Waals surface area contributed by atoms with Crippen LogP contribution >= 0.6 is 0 Å². The number of hydrogen-bond acceptors (Lipinski definition) is 5. The summed E-state index contributed by atoms with van der Waals surface area (Å²) < 4.78 is 1.59. The first-order valence-corrected chi connectivity index (χ1v) is 9.71. The molecule has 2 fully saturated rings. The van der Waals surface area contributed by atoms with Gasteiger partial charge in [0.05, 0.1) is 11.7 Å². The second-order valence-electron chi connectivity index (χ2n) is 7.34. The molecule has 4 rings (SSSR count). The van der Waals surface area contributed by atoms with Crippen molar-refractivity contribution in [3.63, 3.8) is 0 Å². The highest BCUT2D eigenvalue weighted by Gasteiger charge is 2.35. The topological polar surface area (TPSA) is 75.9 Å². The number of tetrazole rings is 1. The lowest BCUT2D eigenvalue weighted by Gasteiger charge is -2.31. The minimum absolute atomic E-state index is 0.00482. The summed E-state index contributed by atoms with van der Waals surface area (Å²) in [5.41, 5.74) is 1.62. The molecule has 0 bridgehead atoms. The van der Waals surface area contributed by atoms with Gasteiger partial charge in [-0.3, -0.25) is 9.69 Å². The van der Waals surface area contributed by atoms with Crippen LogP contribution in [0.25, 0.3) is 5.69 Å². The van der Waals surface area contributed by atoms with Crippen molar-refractivity contribution < 1.29 is 4.79 Å². The summed E-state index contributed by atoms with van der Waals surface area (Å²) in [6.07, 6.45) is 11.3. The van der Waals surface area contributed by atoms with E-state index in [1.54, 1.807) is 11.0 Å². The molecule has 26 heavy (non-hydrogen) atoms. The van der Waals surface area contributed by atoms with Crippen LogP contribution in [0.1, 0.15) is 51.4 Å². The van der Waals surface area contributed by atoms with Gasteiger partial charge in [0, 0.05) is 11.7 Å². The summed E-state index contributed by atoms with van der Waals surface area (Å²) in [4.78, 5) is 15.4. The molecule has 0 radical (unpaired) electrons. The summed E-state index contributed by atoms with van der Waals surface area (Å²) in [5, 5.41) is 14.3. The lowest BCUT2D eigenvalue weighted by atomic mass is 10.1. The molecule has 1 saturated carbocycles. The van der Waals surface area contributed by atoms with E-state index in [9.17, 15) is 4.79 Å². The molecule has 1 aromatic heterocycles. The molecule has 1 saturated heterocycles. The maximum atomic E-state index is 13.0. The number of carbonyl (C=O) groups excluding carboxylic acids is 1. The van der Waals surface area contributed by atoms with E-state index in [2.05, 4.69) is 25.7 Å². The number of carbonyl (C=O) groups is 1. The van der Waals surface area contributed by atoms with E-state index < -0.39 is 0 Å². The van der Waals surface area contributed by atoms with Crippen LogP contribution < -0.4 is 5.32 Å². The number of amides is 1. The summed E-state index contributed by atoms with van der Waals surface area (Å²) >= 11 is 0. The Labute approximate surface area is 153 Å². The van der Waals surface area contributed by atoms with Crippen molar-refractivity contribution in [2.75, 3.05) is 11.9 Å².